The van der Waals surface area contributed by atoms with Crippen molar-refractivity contribution in [1.29, 1.82) is 0 Å². The molecule has 5 heteroatoms. The monoisotopic (exact) mass is 306 g/mol. The number of likely N-dealkylation sites (N-methyl/N-ethyl adjacent to an activating group) is 1. The average Bonchev–Trinajstić information content (AvgIpc) is 2.55. The molecular formula is C18H18N4O. The lowest BCUT2D eigenvalue weighted by Gasteiger charge is -2.33. The SMILES string of the molecule is CN1Cc2ccccc2C(Nc2cc(=O)n3ccccc3n2)C1. The summed E-state index contributed by atoms with van der Waals surface area (Å²) in [6.45, 7) is 1.83. The summed E-state index contributed by atoms with van der Waals surface area (Å²) in [7, 11) is 2.10. The number of aromatic nitrogens is 2. The van der Waals surface area contributed by atoms with Crippen LogP contribution in [0, 0.1) is 0 Å². The van der Waals surface area contributed by atoms with Crippen molar-refractivity contribution in [3.63, 3.8) is 0 Å². The third kappa shape index (κ3) is 2.59. The zero-order valence-corrected chi connectivity index (χ0v) is 12.9. The Labute approximate surface area is 134 Å². The number of nitrogens with one attached hydrogen (secondary N) is 1. The van der Waals surface area contributed by atoms with Gasteiger partial charge in [-0.3, -0.25) is 14.1 Å². The minimum Gasteiger partial charge on any atom is -0.362 e. The van der Waals surface area contributed by atoms with Crippen LogP contribution in [-0.2, 0) is 6.54 Å². The minimum atomic E-state index is -0.0736. The molecule has 0 radical (unpaired) electrons. The molecule has 5 nitrogen and oxygen atoms in total. The number of anilines is 1. The van der Waals surface area contributed by atoms with Crippen molar-refractivity contribution < 1.29 is 0 Å². The predicted octanol–water partition coefficient (Wildman–Crippen LogP) is 2.29. The summed E-state index contributed by atoms with van der Waals surface area (Å²) in [4.78, 5) is 19.1. The van der Waals surface area contributed by atoms with Gasteiger partial charge in [-0.15, -0.1) is 0 Å². The molecule has 116 valence electrons. The molecule has 3 aromatic rings. The van der Waals surface area contributed by atoms with Crippen molar-refractivity contribution in [3.05, 3.63) is 76.2 Å². The van der Waals surface area contributed by atoms with E-state index in [0.29, 0.717) is 11.5 Å². The Morgan fingerprint density at radius 2 is 2.00 bits per heavy atom. The van der Waals surface area contributed by atoms with Crippen molar-refractivity contribution >= 4 is 11.5 Å². The molecule has 0 saturated heterocycles. The molecule has 2 aromatic heterocycles. The summed E-state index contributed by atoms with van der Waals surface area (Å²) < 4.78 is 1.55. The largest absolute Gasteiger partial charge is 0.362 e. The predicted molar refractivity (Wildman–Crippen MR) is 90.6 cm³/mol. The molecule has 1 unspecified atom stereocenters. The van der Waals surface area contributed by atoms with Crippen molar-refractivity contribution in [2.75, 3.05) is 18.9 Å². The van der Waals surface area contributed by atoms with Crippen molar-refractivity contribution in [1.82, 2.24) is 14.3 Å². The third-order valence-electron chi connectivity index (χ3n) is 4.26. The van der Waals surface area contributed by atoms with Crippen LogP contribution in [0.2, 0.25) is 0 Å². The molecule has 23 heavy (non-hydrogen) atoms. The van der Waals surface area contributed by atoms with Gasteiger partial charge in [0.2, 0.25) is 0 Å². The summed E-state index contributed by atoms with van der Waals surface area (Å²) >= 11 is 0. The Morgan fingerprint density at radius 1 is 1.17 bits per heavy atom. The molecule has 1 aromatic carbocycles. The van der Waals surface area contributed by atoms with Crippen molar-refractivity contribution in [2.24, 2.45) is 0 Å². The molecule has 4 rings (SSSR count). The van der Waals surface area contributed by atoms with Crippen LogP contribution in [0.3, 0.4) is 0 Å². The van der Waals surface area contributed by atoms with Crippen LogP contribution < -0.4 is 10.9 Å². The van der Waals surface area contributed by atoms with Crippen LogP contribution in [0.4, 0.5) is 5.82 Å². The van der Waals surface area contributed by atoms with Crippen LogP contribution in [0.1, 0.15) is 17.2 Å². The second-order valence-electron chi connectivity index (χ2n) is 6.00. The van der Waals surface area contributed by atoms with E-state index in [2.05, 4.69) is 46.5 Å². The highest BCUT2D eigenvalue weighted by atomic mass is 16.1. The normalized spacial score (nSPS) is 17.9. The fourth-order valence-electron chi connectivity index (χ4n) is 3.21. The number of pyridine rings is 1. The maximum Gasteiger partial charge on any atom is 0.259 e. The van der Waals surface area contributed by atoms with Gasteiger partial charge in [-0.2, -0.15) is 0 Å². The zero-order valence-electron chi connectivity index (χ0n) is 12.9. The van der Waals surface area contributed by atoms with E-state index in [4.69, 9.17) is 0 Å². The maximum atomic E-state index is 12.2. The molecule has 1 aliphatic rings. The molecule has 1 atom stereocenters. The van der Waals surface area contributed by atoms with Gasteiger partial charge in [-0.05, 0) is 30.3 Å². The fourth-order valence-corrected chi connectivity index (χ4v) is 3.21. The minimum absolute atomic E-state index is 0.0736. The van der Waals surface area contributed by atoms with E-state index in [1.54, 1.807) is 16.7 Å². The molecule has 0 spiro atoms. The standard InChI is InChI=1S/C18H18N4O/c1-21-11-13-6-2-3-7-14(13)15(12-21)19-16-10-18(23)22-9-5-4-8-17(22)20-16/h2-10,15,19H,11-12H2,1H3. The number of rotatable bonds is 2. The highest BCUT2D eigenvalue weighted by Crippen LogP contribution is 2.27. The lowest BCUT2D eigenvalue weighted by Crippen LogP contribution is -2.34. The fraction of sp³-hybridized carbons (Fsp3) is 0.222. The Hall–Kier alpha value is -2.66. The van der Waals surface area contributed by atoms with Crippen molar-refractivity contribution in [3.8, 4) is 0 Å². The Morgan fingerprint density at radius 3 is 2.91 bits per heavy atom. The summed E-state index contributed by atoms with van der Waals surface area (Å²) in [5.41, 5.74) is 3.17. The molecule has 0 fully saturated rings. The van der Waals surface area contributed by atoms with Gasteiger partial charge < -0.3 is 5.32 Å². The van der Waals surface area contributed by atoms with Crippen molar-refractivity contribution in [2.45, 2.75) is 12.6 Å². The van der Waals surface area contributed by atoms with Crippen LogP contribution in [-0.4, -0.2) is 27.9 Å². The summed E-state index contributed by atoms with van der Waals surface area (Å²) in [5.74, 6) is 0.622. The highest BCUT2D eigenvalue weighted by molar-refractivity contribution is 5.48. The first-order valence-electron chi connectivity index (χ1n) is 7.72. The van der Waals surface area contributed by atoms with Crippen LogP contribution in [0.5, 0.6) is 0 Å². The van der Waals surface area contributed by atoms with E-state index in [1.165, 1.54) is 11.1 Å². The van der Waals surface area contributed by atoms with Gasteiger partial charge in [-0.25, -0.2) is 4.98 Å². The number of benzene rings is 1. The molecular weight excluding hydrogens is 288 g/mol. The third-order valence-corrected chi connectivity index (χ3v) is 4.26. The molecule has 3 heterocycles. The molecule has 0 saturated carbocycles. The van der Waals surface area contributed by atoms with Gasteiger partial charge in [0, 0.05) is 25.4 Å². The molecule has 0 aliphatic carbocycles. The molecule has 1 aliphatic heterocycles. The second-order valence-corrected chi connectivity index (χ2v) is 6.00. The van der Waals surface area contributed by atoms with Gasteiger partial charge in [0.25, 0.3) is 5.56 Å². The van der Waals surface area contributed by atoms with E-state index in [1.807, 2.05) is 18.2 Å². The molecule has 0 amide bonds. The summed E-state index contributed by atoms with van der Waals surface area (Å²) in [6.07, 6.45) is 1.73. The van der Waals surface area contributed by atoms with E-state index in [-0.39, 0.29) is 11.6 Å². The zero-order chi connectivity index (χ0) is 15.8. The second kappa shape index (κ2) is 5.52. The van der Waals surface area contributed by atoms with Crippen LogP contribution in [0.15, 0.2) is 59.5 Å². The summed E-state index contributed by atoms with van der Waals surface area (Å²) in [6, 6.07) is 15.7. The number of fused-ring (bicyclic) bond motifs is 2. The quantitative estimate of drug-likeness (QED) is 0.789. The Bertz CT molecular complexity index is 918. The Balaban J connectivity index is 1.72. The maximum absolute atomic E-state index is 12.2. The van der Waals surface area contributed by atoms with E-state index in [9.17, 15) is 4.79 Å². The van der Waals surface area contributed by atoms with E-state index < -0.39 is 0 Å². The molecule has 1 N–H and O–H groups in total. The van der Waals surface area contributed by atoms with Gasteiger partial charge >= 0.3 is 0 Å². The van der Waals surface area contributed by atoms with E-state index in [0.717, 1.165) is 13.1 Å². The van der Waals surface area contributed by atoms with Gasteiger partial charge in [0.1, 0.15) is 11.5 Å². The lowest BCUT2D eigenvalue weighted by atomic mass is 9.96. The van der Waals surface area contributed by atoms with Gasteiger partial charge in [-0.1, -0.05) is 30.3 Å². The first-order chi connectivity index (χ1) is 11.2. The average molecular weight is 306 g/mol. The lowest BCUT2D eigenvalue weighted by molar-refractivity contribution is 0.291. The number of nitrogens with zero attached hydrogens (tertiary/aromatic N) is 3. The topological polar surface area (TPSA) is 49.6 Å². The van der Waals surface area contributed by atoms with Crippen LogP contribution >= 0.6 is 0 Å². The van der Waals surface area contributed by atoms with E-state index >= 15 is 0 Å². The number of hydrogen-bond acceptors (Lipinski definition) is 4. The van der Waals surface area contributed by atoms with Gasteiger partial charge in [0.05, 0.1) is 6.04 Å². The van der Waals surface area contributed by atoms with Gasteiger partial charge in [0.15, 0.2) is 0 Å². The highest BCUT2D eigenvalue weighted by Gasteiger charge is 2.23. The first-order valence-corrected chi connectivity index (χ1v) is 7.72. The smallest absolute Gasteiger partial charge is 0.259 e. The Kier molecular flexibility index (Phi) is 3.35. The first kappa shape index (κ1) is 14.0. The van der Waals surface area contributed by atoms with Crippen LogP contribution in [0.25, 0.3) is 5.65 Å². The number of hydrogen-bond donors (Lipinski definition) is 1. The summed E-state index contributed by atoms with van der Waals surface area (Å²) in [5, 5.41) is 3.43. The molecule has 0 bridgehead atoms.